The first-order valence-electron chi connectivity index (χ1n) is 5.88. The zero-order chi connectivity index (χ0) is 15.4. The lowest BCUT2D eigenvalue weighted by Gasteiger charge is -2.12. The molecule has 0 atom stereocenters. The predicted molar refractivity (Wildman–Crippen MR) is 66.7 cm³/mol. The number of rotatable bonds is 5. The maximum atomic E-state index is 13.4. The van der Waals surface area contributed by atoms with Gasteiger partial charge in [-0.3, -0.25) is 0 Å². The van der Waals surface area contributed by atoms with Crippen molar-refractivity contribution in [3.63, 3.8) is 0 Å². The third kappa shape index (κ3) is 3.84. The fourth-order valence-electron chi connectivity index (χ4n) is 1.71. The van der Waals surface area contributed by atoms with E-state index in [-0.39, 0.29) is 18.0 Å². The van der Waals surface area contributed by atoms with E-state index in [0.29, 0.717) is 17.7 Å². The molecule has 0 unspecified atom stereocenters. The molecule has 0 saturated carbocycles. The molecule has 0 spiro atoms. The Labute approximate surface area is 117 Å². The van der Waals surface area contributed by atoms with Crippen molar-refractivity contribution in [2.75, 3.05) is 5.32 Å². The van der Waals surface area contributed by atoms with Gasteiger partial charge in [0, 0.05) is 24.2 Å². The van der Waals surface area contributed by atoms with Gasteiger partial charge in [-0.15, -0.1) is 0 Å². The Morgan fingerprint density at radius 2 is 1.62 bits per heavy atom. The van der Waals surface area contributed by atoms with Crippen LogP contribution in [0.1, 0.15) is 5.56 Å². The Morgan fingerprint density at radius 1 is 0.952 bits per heavy atom. The van der Waals surface area contributed by atoms with Crippen molar-refractivity contribution in [1.29, 1.82) is 0 Å². The molecule has 0 aliphatic carbocycles. The Balaban J connectivity index is 2.15. The average molecular weight is 303 g/mol. The number of alkyl halides is 2. The van der Waals surface area contributed by atoms with Gasteiger partial charge in [0.2, 0.25) is 0 Å². The highest BCUT2D eigenvalue weighted by molar-refractivity contribution is 5.47. The fourth-order valence-corrected chi connectivity index (χ4v) is 1.71. The Bertz CT molecular complexity index is 633. The third-order valence-electron chi connectivity index (χ3n) is 2.67. The summed E-state index contributed by atoms with van der Waals surface area (Å²) in [6.07, 6.45) is 0. The van der Waals surface area contributed by atoms with Gasteiger partial charge in [0.25, 0.3) is 0 Å². The van der Waals surface area contributed by atoms with Crippen LogP contribution in [-0.4, -0.2) is 6.61 Å². The summed E-state index contributed by atoms with van der Waals surface area (Å²) < 4.78 is 68.0. The van der Waals surface area contributed by atoms with Crippen LogP contribution in [0.3, 0.4) is 0 Å². The largest absolute Gasteiger partial charge is 0.434 e. The quantitative estimate of drug-likeness (QED) is 0.656. The molecular weight excluding hydrogens is 293 g/mol. The van der Waals surface area contributed by atoms with Gasteiger partial charge in [-0.05, 0) is 6.07 Å². The molecule has 0 fully saturated rings. The summed E-state index contributed by atoms with van der Waals surface area (Å²) >= 11 is 0. The van der Waals surface area contributed by atoms with Crippen molar-refractivity contribution in [3.05, 3.63) is 59.4 Å². The van der Waals surface area contributed by atoms with Crippen LogP contribution in [0.15, 0.2) is 36.4 Å². The minimum Gasteiger partial charge on any atom is -0.434 e. The fraction of sp³-hybridized carbons (Fsp3) is 0.143. The second kappa shape index (κ2) is 6.43. The Kier molecular flexibility index (Phi) is 4.62. The molecule has 0 aromatic heterocycles. The molecule has 0 saturated heterocycles. The van der Waals surface area contributed by atoms with Crippen molar-refractivity contribution in [2.45, 2.75) is 13.2 Å². The highest BCUT2D eigenvalue weighted by Gasteiger charge is 2.12. The topological polar surface area (TPSA) is 21.3 Å². The summed E-state index contributed by atoms with van der Waals surface area (Å²) in [6, 6.07) is 6.95. The first kappa shape index (κ1) is 15.1. The maximum Gasteiger partial charge on any atom is 0.387 e. The Morgan fingerprint density at radius 3 is 2.33 bits per heavy atom. The van der Waals surface area contributed by atoms with E-state index in [1.165, 1.54) is 18.2 Å². The van der Waals surface area contributed by atoms with Crippen LogP contribution in [0.25, 0.3) is 0 Å². The molecule has 112 valence electrons. The molecule has 0 aliphatic heterocycles. The van der Waals surface area contributed by atoms with E-state index in [4.69, 9.17) is 0 Å². The minimum atomic E-state index is -2.99. The predicted octanol–water partition coefficient (Wildman–Crippen LogP) is 4.32. The van der Waals surface area contributed by atoms with Crippen LogP contribution in [0, 0.1) is 17.5 Å². The first-order valence-corrected chi connectivity index (χ1v) is 5.88. The lowest BCUT2D eigenvalue weighted by molar-refractivity contribution is -0.0504. The number of halogens is 5. The summed E-state index contributed by atoms with van der Waals surface area (Å²) in [4.78, 5) is 0. The second-order valence-corrected chi connectivity index (χ2v) is 4.09. The molecule has 0 heterocycles. The summed E-state index contributed by atoms with van der Waals surface area (Å²) in [5, 5.41) is 2.50. The molecule has 2 aromatic carbocycles. The van der Waals surface area contributed by atoms with E-state index in [1.54, 1.807) is 6.07 Å². The zero-order valence-electron chi connectivity index (χ0n) is 10.5. The molecule has 1 N–H and O–H groups in total. The van der Waals surface area contributed by atoms with E-state index in [0.717, 1.165) is 0 Å². The summed E-state index contributed by atoms with van der Waals surface area (Å²) in [6.45, 7) is -3.09. The van der Waals surface area contributed by atoms with Crippen LogP contribution in [-0.2, 0) is 6.54 Å². The number of para-hydroxylation sites is 1. The monoisotopic (exact) mass is 303 g/mol. The Hall–Kier alpha value is -2.31. The van der Waals surface area contributed by atoms with Crippen molar-refractivity contribution in [3.8, 4) is 5.75 Å². The number of hydrogen-bond acceptors (Lipinski definition) is 2. The van der Waals surface area contributed by atoms with E-state index in [1.807, 2.05) is 0 Å². The van der Waals surface area contributed by atoms with Crippen molar-refractivity contribution in [2.24, 2.45) is 0 Å². The summed E-state index contributed by atoms with van der Waals surface area (Å²) in [5.74, 6) is -3.58. The highest BCUT2D eigenvalue weighted by Crippen LogP contribution is 2.23. The van der Waals surface area contributed by atoms with Crippen molar-refractivity contribution >= 4 is 5.69 Å². The van der Waals surface area contributed by atoms with Gasteiger partial charge in [-0.1, -0.05) is 18.2 Å². The highest BCUT2D eigenvalue weighted by atomic mass is 19.3. The second-order valence-electron chi connectivity index (χ2n) is 4.09. The lowest BCUT2D eigenvalue weighted by atomic mass is 10.2. The number of benzene rings is 2. The number of anilines is 1. The van der Waals surface area contributed by atoms with Gasteiger partial charge < -0.3 is 10.1 Å². The summed E-state index contributed by atoms with van der Waals surface area (Å²) in [5.41, 5.74) is 0.0442. The van der Waals surface area contributed by atoms with E-state index in [9.17, 15) is 22.0 Å². The molecule has 21 heavy (non-hydrogen) atoms. The van der Waals surface area contributed by atoms with E-state index in [2.05, 4.69) is 10.1 Å². The SMILES string of the molecule is Fc1cc(F)c(NCc2ccccc2OC(F)F)cc1F. The first-order chi connectivity index (χ1) is 9.97. The van der Waals surface area contributed by atoms with Crippen LogP contribution in [0.2, 0.25) is 0 Å². The third-order valence-corrected chi connectivity index (χ3v) is 2.67. The van der Waals surface area contributed by atoms with Crippen LogP contribution < -0.4 is 10.1 Å². The molecule has 0 amide bonds. The molecule has 0 aliphatic rings. The van der Waals surface area contributed by atoms with Crippen molar-refractivity contribution < 1.29 is 26.7 Å². The summed E-state index contributed by atoms with van der Waals surface area (Å²) in [7, 11) is 0. The number of ether oxygens (including phenoxy) is 1. The number of hydrogen-bond donors (Lipinski definition) is 1. The van der Waals surface area contributed by atoms with Crippen LogP contribution in [0.5, 0.6) is 5.75 Å². The maximum absolute atomic E-state index is 13.4. The standard InChI is InChI=1S/C14H10F5NO/c15-9-5-11(17)12(6-10(9)16)20-7-8-3-1-2-4-13(8)21-14(18)19/h1-6,14,20H,7H2. The molecule has 2 nitrogen and oxygen atoms in total. The molecular formula is C14H10F5NO. The van der Waals surface area contributed by atoms with Crippen LogP contribution in [0.4, 0.5) is 27.6 Å². The zero-order valence-corrected chi connectivity index (χ0v) is 10.5. The molecule has 2 aromatic rings. The molecule has 0 bridgehead atoms. The van der Waals surface area contributed by atoms with Gasteiger partial charge in [0.05, 0.1) is 5.69 Å². The van der Waals surface area contributed by atoms with Gasteiger partial charge in [0.15, 0.2) is 11.6 Å². The smallest absolute Gasteiger partial charge is 0.387 e. The minimum absolute atomic E-state index is 0.0806. The lowest BCUT2D eigenvalue weighted by Crippen LogP contribution is -2.08. The number of nitrogens with one attached hydrogen (secondary N) is 1. The van der Waals surface area contributed by atoms with Crippen LogP contribution >= 0.6 is 0 Å². The normalized spacial score (nSPS) is 10.8. The van der Waals surface area contributed by atoms with Gasteiger partial charge >= 0.3 is 6.61 Å². The van der Waals surface area contributed by atoms with Gasteiger partial charge in [-0.25, -0.2) is 13.2 Å². The van der Waals surface area contributed by atoms with E-state index < -0.39 is 24.1 Å². The van der Waals surface area contributed by atoms with E-state index >= 15 is 0 Å². The molecule has 7 heteroatoms. The molecule has 2 rings (SSSR count). The van der Waals surface area contributed by atoms with Crippen molar-refractivity contribution in [1.82, 2.24) is 0 Å². The van der Waals surface area contributed by atoms with Gasteiger partial charge in [-0.2, -0.15) is 8.78 Å². The molecule has 0 radical (unpaired) electrons. The van der Waals surface area contributed by atoms with Gasteiger partial charge in [0.1, 0.15) is 11.6 Å². The average Bonchev–Trinajstić information content (AvgIpc) is 2.42.